The summed E-state index contributed by atoms with van der Waals surface area (Å²) in [6.07, 6.45) is 3.25. The third-order valence-electron chi connectivity index (χ3n) is 2.13. The van der Waals surface area contributed by atoms with Crippen molar-refractivity contribution in [2.24, 2.45) is 0 Å². The Kier molecular flexibility index (Phi) is 4.38. The van der Waals surface area contributed by atoms with Gasteiger partial charge in [0, 0.05) is 4.90 Å². The van der Waals surface area contributed by atoms with Crippen LogP contribution in [0.25, 0.3) is 0 Å². The molecule has 0 aliphatic carbocycles. The van der Waals surface area contributed by atoms with E-state index in [1.807, 2.05) is 0 Å². The van der Waals surface area contributed by atoms with Crippen LogP contribution >= 0.6 is 10.3 Å². The molecule has 1 rings (SSSR count). The average Bonchev–Trinajstić information content (AvgIpc) is 2.28. The third-order valence-corrected chi connectivity index (χ3v) is 5.97. The Morgan fingerprint density at radius 2 is 1.67 bits per heavy atom. The second-order valence-electron chi connectivity index (χ2n) is 3.71. The molecular formula is C10H14O6S2. The van der Waals surface area contributed by atoms with Crippen LogP contribution < -0.4 is 0 Å². The Morgan fingerprint density at radius 1 is 1.17 bits per heavy atom. The Hall–Kier alpha value is -1.09. The maximum Gasteiger partial charge on any atom is 0.409 e. The number of hydrogen-bond acceptors (Lipinski definition) is 5. The second kappa shape index (κ2) is 5.27. The first-order chi connectivity index (χ1) is 8.18. The largest absolute Gasteiger partial charge is 0.478 e. The van der Waals surface area contributed by atoms with E-state index in [1.165, 1.54) is 24.3 Å². The van der Waals surface area contributed by atoms with Crippen LogP contribution in [0.15, 0.2) is 29.2 Å². The molecule has 102 valence electrons. The van der Waals surface area contributed by atoms with Gasteiger partial charge in [-0.15, -0.1) is 0 Å². The molecule has 1 aromatic carbocycles. The van der Waals surface area contributed by atoms with Crippen molar-refractivity contribution in [2.75, 3.05) is 19.6 Å². The molecule has 8 heteroatoms. The minimum atomic E-state index is -4.03. The Morgan fingerprint density at radius 3 is 2.06 bits per heavy atom. The van der Waals surface area contributed by atoms with Gasteiger partial charge in [0.15, 0.2) is 0 Å². The molecule has 0 aliphatic heterocycles. The number of carboxylic acid groups (broad SMARTS) is 1. The lowest BCUT2D eigenvalue weighted by Gasteiger charge is -2.29. The van der Waals surface area contributed by atoms with Crippen molar-refractivity contribution in [2.45, 2.75) is 4.90 Å². The number of aromatic carboxylic acids is 1. The second-order valence-corrected chi connectivity index (χ2v) is 8.34. The molecule has 0 spiro atoms. The number of carboxylic acids is 1. The molecule has 0 aromatic heterocycles. The molecule has 18 heavy (non-hydrogen) atoms. The van der Waals surface area contributed by atoms with Crippen LogP contribution in [0.4, 0.5) is 0 Å². The summed E-state index contributed by atoms with van der Waals surface area (Å²) in [4.78, 5) is 11.3. The SMILES string of the molecule is COS(=O)(=O)OS(C)(C)c1ccc(C(=O)O)cc1. The normalized spacial score (nSPS) is 13.3. The average molecular weight is 294 g/mol. The van der Waals surface area contributed by atoms with E-state index in [2.05, 4.69) is 4.18 Å². The van der Waals surface area contributed by atoms with E-state index in [1.54, 1.807) is 12.5 Å². The zero-order valence-electron chi connectivity index (χ0n) is 10.1. The highest BCUT2D eigenvalue weighted by Gasteiger charge is 2.24. The van der Waals surface area contributed by atoms with Gasteiger partial charge in [-0.2, -0.15) is 12.0 Å². The summed E-state index contributed by atoms with van der Waals surface area (Å²) in [5, 5.41) is 8.76. The van der Waals surface area contributed by atoms with Crippen LogP contribution in [0.1, 0.15) is 10.4 Å². The molecule has 0 amide bonds. The summed E-state index contributed by atoms with van der Waals surface area (Å²) in [5.41, 5.74) is 0.128. The van der Waals surface area contributed by atoms with Crippen molar-refractivity contribution in [3.8, 4) is 0 Å². The predicted molar refractivity (Wildman–Crippen MR) is 68.1 cm³/mol. The third kappa shape index (κ3) is 3.70. The lowest BCUT2D eigenvalue weighted by molar-refractivity contribution is 0.0696. The van der Waals surface area contributed by atoms with Gasteiger partial charge in [0.2, 0.25) is 0 Å². The molecule has 0 aliphatic rings. The monoisotopic (exact) mass is 294 g/mol. The Labute approximate surface area is 107 Å². The molecule has 1 N–H and O–H groups in total. The highest BCUT2D eigenvalue weighted by Crippen LogP contribution is 2.51. The fourth-order valence-electron chi connectivity index (χ4n) is 1.20. The standard InChI is InChI=1S/C10H14O6S2/c1-15-18(13,14)16-17(2,3)9-6-4-8(5-7-9)10(11)12/h4-7H,1-3H3,(H,11,12). The van der Waals surface area contributed by atoms with Gasteiger partial charge in [0.25, 0.3) is 0 Å². The number of hydrogen-bond donors (Lipinski definition) is 1. The lowest BCUT2D eigenvalue weighted by atomic mass is 10.2. The van der Waals surface area contributed by atoms with E-state index in [0.29, 0.717) is 4.90 Å². The van der Waals surface area contributed by atoms with Gasteiger partial charge >= 0.3 is 16.4 Å². The van der Waals surface area contributed by atoms with E-state index < -0.39 is 26.7 Å². The van der Waals surface area contributed by atoms with Gasteiger partial charge in [0.05, 0.1) is 12.7 Å². The first-order valence-corrected chi connectivity index (χ1v) is 8.47. The molecule has 0 saturated carbocycles. The van der Waals surface area contributed by atoms with Gasteiger partial charge in [-0.1, -0.05) is 10.3 Å². The summed E-state index contributed by atoms with van der Waals surface area (Å²) >= 11 is 0. The van der Waals surface area contributed by atoms with E-state index in [9.17, 15) is 13.2 Å². The zero-order chi connectivity index (χ0) is 14.0. The van der Waals surface area contributed by atoms with Crippen molar-refractivity contribution in [3.63, 3.8) is 0 Å². The van der Waals surface area contributed by atoms with Crippen LogP contribution in [0.2, 0.25) is 0 Å². The summed E-state index contributed by atoms with van der Waals surface area (Å²) in [6, 6.07) is 5.86. The molecular weight excluding hydrogens is 280 g/mol. The summed E-state index contributed by atoms with van der Waals surface area (Å²) in [7, 11) is -5.10. The zero-order valence-corrected chi connectivity index (χ0v) is 11.7. The summed E-state index contributed by atoms with van der Waals surface area (Å²) in [6.45, 7) is 0. The van der Waals surface area contributed by atoms with Gasteiger partial charge < -0.3 is 5.11 Å². The van der Waals surface area contributed by atoms with Crippen LogP contribution in [-0.4, -0.2) is 39.1 Å². The maximum absolute atomic E-state index is 11.2. The van der Waals surface area contributed by atoms with Gasteiger partial charge in [-0.3, -0.25) is 4.18 Å². The fraction of sp³-hybridized carbons (Fsp3) is 0.300. The smallest absolute Gasteiger partial charge is 0.409 e. The van der Waals surface area contributed by atoms with Gasteiger partial charge in [0.1, 0.15) is 0 Å². The Bertz CT molecular complexity index is 532. The van der Waals surface area contributed by atoms with Crippen LogP contribution in [0.5, 0.6) is 0 Å². The van der Waals surface area contributed by atoms with Crippen molar-refractivity contribution >= 4 is 26.7 Å². The highest BCUT2D eigenvalue weighted by atomic mass is 32.3. The van der Waals surface area contributed by atoms with Crippen molar-refractivity contribution in [3.05, 3.63) is 29.8 Å². The van der Waals surface area contributed by atoms with Crippen molar-refractivity contribution in [1.29, 1.82) is 0 Å². The van der Waals surface area contributed by atoms with Crippen molar-refractivity contribution in [1.82, 2.24) is 0 Å². The summed E-state index contributed by atoms with van der Waals surface area (Å²) < 4.78 is 31.7. The number of carbonyl (C=O) groups is 1. The van der Waals surface area contributed by atoms with Crippen LogP contribution in [0, 0.1) is 0 Å². The Balaban J connectivity index is 3.02. The first kappa shape index (κ1) is 15.0. The molecule has 0 radical (unpaired) electrons. The lowest BCUT2D eigenvalue weighted by Crippen LogP contribution is -2.11. The van der Waals surface area contributed by atoms with E-state index in [0.717, 1.165) is 7.11 Å². The highest BCUT2D eigenvalue weighted by molar-refractivity contribution is 8.31. The van der Waals surface area contributed by atoms with Gasteiger partial charge in [-0.05, 0) is 36.8 Å². The first-order valence-electron chi connectivity index (χ1n) is 4.76. The quantitative estimate of drug-likeness (QED) is 0.887. The number of benzene rings is 1. The molecule has 0 heterocycles. The maximum atomic E-state index is 11.2. The molecule has 0 unspecified atom stereocenters. The predicted octanol–water partition coefficient (Wildman–Crippen LogP) is 1.63. The molecule has 0 bridgehead atoms. The van der Waals surface area contributed by atoms with Crippen LogP contribution in [-0.2, 0) is 18.2 Å². The molecule has 0 fully saturated rings. The van der Waals surface area contributed by atoms with E-state index >= 15 is 0 Å². The van der Waals surface area contributed by atoms with E-state index in [-0.39, 0.29) is 5.56 Å². The number of rotatable bonds is 5. The minimum absolute atomic E-state index is 0.128. The fourth-order valence-corrected chi connectivity index (χ4v) is 4.20. The minimum Gasteiger partial charge on any atom is -0.478 e. The molecule has 0 atom stereocenters. The van der Waals surface area contributed by atoms with E-state index in [4.69, 9.17) is 8.74 Å². The molecule has 0 saturated heterocycles. The topological polar surface area (TPSA) is 89.9 Å². The summed E-state index contributed by atoms with van der Waals surface area (Å²) in [5.74, 6) is -1.04. The molecule has 6 nitrogen and oxygen atoms in total. The van der Waals surface area contributed by atoms with Gasteiger partial charge in [-0.25, -0.2) is 4.79 Å². The molecule has 1 aromatic rings. The van der Waals surface area contributed by atoms with Crippen molar-refractivity contribution < 1.29 is 26.1 Å². The van der Waals surface area contributed by atoms with Crippen LogP contribution in [0.3, 0.4) is 0 Å².